The molecule has 0 bridgehead atoms. The maximum Gasteiger partial charge on any atom is 0.0935 e. The van der Waals surface area contributed by atoms with Crippen LogP contribution in [0.4, 0.5) is 0 Å². The fourth-order valence-corrected chi connectivity index (χ4v) is 1.00. The van der Waals surface area contributed by atoms with Gasteiger partial charge in [-0.15, -0.1) is 0 Å². The van der Waals surface area contributed by atoms with Gasteiger partial charge in [-0.25, -0.2) is 0 Å². The first-order valence-corrected chi connectivity index (χ1v) is 3.96. The highest BCUT2D eigenvalue weighted by atomic mass is 16.3. The summed E-state index contributed by atoms with van der Waals surface area (Å²) in [5.74, 6) is 0. The number of hydrogen-bond donors (Lipinski definition) is 3. The number of rotatable bonds is 3. The number of allylic oxidation sites excluding steroid dienone is 1. The van der Waals surface area contributed by atoms with Crippen molar-refractivity contribution in [1.82, 2.24) is 10.2 Å². The molecule has 0 aliphatic carbocycles. The molecule has 4 N–H and O–H groups in total. The van der Waals surface area contributed by atoms with Crippen LogP contribution in [0.25, 0.3) is 0 Å². The lowest BCUT2D eigenvalue weighted by atomic mass is 10.3. The van der Waals surface area contributed by atoms with Crippen LogP contribution >= 0.6 is 0 Å². The van der Waals surface area contributed by atoms with Gasteiger partial charge in [-0.1, -0.05) is 0 Å². The molecular weight excluding hydrogens is 154 g/mol. The van der Waals surface area contributed by atoms with Crippen molar-refractivity contribution < 1.29 is 5.11 Å². The summed E-state index contributed by atoms with van der Waals surface area (Å²) in [6, 6.07) is 0. The molecule has 0 amide bonds. The Hall–Kier alpha value is -1.00. The molecule has 4 heteroatoms. The number of hydrogen-bond acceptors (Lipinski definition) is 4. The van der Waals surface area contributed by atoms with Gasteiger partial charge >= 0.3 is 0 Å². The van der Waals surface area contributed by atoms with E-state index in [4.69, 9.17) is 10.8 Å². The first kappa shape index (κ1) is 9.09. The Kier molecular flexibility index (Phi) is 3.13. The molecule has 4 nitrogen and oxygen atoms in total. The molecule has 0 aromatic carbocycles. The molecule has 1 aliphatic rings. The van der Waals surface area contributed by atoms with Gasteiger partial charge in [0.05, 0.1) is 18.5 Å². The van der Waals surface area contributed by atoms with E-state index in [9.17, 15) is 0 Å². The first-order valence-electron chi connectivity index (χ1n) is 3.96. The van der Waals surface area contributed by atoms with Gasteiger partial charge in [0.1, 0.15) is 0 Å². The van der Waals surface area contributed by atoms with Crippen molar-refractivity contribution >= 4 is 0 Å². The molecule has 0 radical (unpaired) electrons. The van der Waals surface area contributed by atoms with Crippen LogP contribution < -0.4 is 11.1 Å². The summed E-state index contributed by atoms with van der Waals surface area (Å²) in [4.78, 5) is 1.95. The second-order valence-electron chi connectivity index (χ2n) is 2.77. The Morgan fingerprint density at radius 1 is 1.75 bits per heavy atom. The summed E-state index contributed by atoms with van der Waals surface area (Å²) in [5.41, 5.74) is 6.59. The van der Waals surface area contributed by atoms with E-state index in [1.165, 1.54) is 0 Å². The predicted molar refractivity (Wildman–Crippen MR) is 48.0 cm³/mol. The molecule has 0 aromatic heterocycles. The summed E-state index contributed by atoms with van der Waals surface area (Å²) >= 11 is 0. The van der Waals surface area contributed by atoms with Crippen molar-refractivity contribution in [2.24, 2.45) is 5.73 Å². The second kappa shape index (κ2) is 4.13. The lowest BCUT2D eigenvalue weighted by Crippen LogP contribution is -2.35. The average molecular weight is 169 g/mol. The molecule has 0 saturated heterocycles. The molecule has 0 spiro atoms. The van der Waals surface area contributed by atoms with Crippen LogP contribution in [0.5, 0.6) is 0 Å². The Balaban J connectivity index is 2.48. The number of aliphatic hydroxyl groups excluding tert-OH is 1. The van der Waals surface area contributed by atoms with E-state index < -0.39 is 0 Å². The van der Waals surface area contributed by atoms with Crippen molar-refractivity contribution in [2.75, 3.05) is 20.2 Å². The number of aliphatic hydroxyl groups is 1. The fourth-order valence-electron chi connectivity index (χ4n) is 1.00. The first-order chi connectivity index (χ1) is 5.74. The van der Waals surface area contributed by atoms with Gasteiger partial charge < -0.3 is 21.1 Å². The predicted octanol–water partition coefficient (Wildman–Crippen LogP) is -0.804. The van der Waals surface area contributed by atoms with Gasteiger partial charge in [0, 0.05) is 19.8 Å². The second-order valence-corrected chi connectivity index (χ2v) is 2.77. The van der Waals surface area contributed by atoms with Crippen LogP contribution in [-0.2, 0) is 0 Å². The topological polar surface area (TPSA) is 61.5 Å². The quantitative estimate of drug-likeness (QED) is 0.517. The zero-order valence-corrected chi connectivity index (χ0v) is 7.20. The molecule has 0 fully saturated rings. The Morgan fingerprint density at radius 3 is 3.00 bits per heavy atom. The van der Waals surface area contributed by atoms with Crippen LogP contribution in [0, 0.1) is 0 Å². The SMILES string of the molecule is CN(CCO)C1=CNC(N)C=C1. The lowest BCUT2D eigenvalue weighted by Gasteiger charge is -2.23. The molecule has 0 saturated carbocycles. The normalized spacial score (nSPS) is 21.6. The summed E-state index contributed by atoms with van der Waals surface area (Å²) in [5, 5.41) is 11.7. The van der Waals surface area contributed by atoms with Crippen molar-refractivity contribution in [3.05, 3.63) is 24.0 Å². The van der Waals surface area contributed by atoms with E-state index >= 15 is 0 Å². The third-order valence-electron chi connectivity index (χ3n) is 1.77. The Bertz CT molecular complexity index is 200. The molecule has 68 valence electrons. The summed E-state index contributed by atoms with van der Waals surface area (Å²) in [6.07, 6.45) is 5.58. The summed E-state index contributed by atoms with van der Waals surface area (Å²) in [6.45, 7) is 0.792. The van der Waals surface area contributed by atoms with Crippen LogP contribution in [0.2, 0.25) is 0 Å². The number of nitrogens with zero attached hydrogens (tertiary/aromatic N) is 1. The molecular formula is C8H15N3O. The van der Waals surface area contributed by atoms with Crippen molar-refractivity contribution in [1.29, 1.82) is 0 Å². The molecule has 1 rings (SSSR count). The van der Waals surface area contributed by atoms with Gasteiger partial charge in [-0.05, 0) is 12.2 Å². The van der Waals surface area contributed by atoms with Crippen LogP contribution in [0.15, 0.2) is 24.0 Å². The summed E-state index contributed by atoms with van der Waals surface area (Å²) < 4.78 is 0. The lowest BCUT2D eigenvalue weighted by molar-refractivity contribution is 0.248. The third-order valence-corrected chi connectivity index (χ3v) is 1.77. The van der Waals surface area contributed by atoms with E-state index in [-0.39, 0.29) is 12.8 Å². The highest BCUT2D eigenvalue weighted by molar-refractivity contribution is 5.22. The average Bonchev–Trinajstić information content (AvgIpc) is 2.06. The fraction of sp³-hybridized carbons (Fsp3) is 0.500. The van der Waals surface area contributed by atoms with Gasteiger partial charge in [0.2, 0.25) is 0 Å². The van der Waals surface area contributed by atoms with Crippen molar-refractivity contribution in [3.8, 4) is 0 Å². The molecule has 0 aromatic rings. The van der Waals surface area contributed by atoms with Crippen LogP contribution in [-0.4, -0.2) is 36.4 Å². The van der Waals surface area contributed by atoms with E-state index in [0.717, 1.165) is 5.70 Å². The summed E-state index contributed by atoms with van der Waals surface area (Å²) in [7, 11) is 1.92. The molecule has 12 heavy (non-hydrogen) atoms. The molecule has 1 unspecified atom stereocenters. The van der Waals surface area contributed by atoms with Crippen LogP contribution in [0.1, 0.15) is 0 Å². The monoisotopic (exact) mass is 169 g/mol. The van der Waals surface area contributed by atoms with Gasteiger partial charge in [0.25, 0.3) is 0 Å². The van der Waals surface area contributed by atoms with E-state index in [1.807, 2.05) is 30.3 Å². The number of nitrogens with two attached hydrogens (primary N) is 1. The van der Waals surface area contributed by atoms with E-state index in [0.29, 0.717) is 6.54 Å². The Labute approximate surface area is 72.4 Å². The van der Waals surface area contributed by atoms with Gasteiger partial charge in [-0.2, -0.15) is 0 Å². The van der Waals surface area contributed by atoms with Crippen LogP contribution in [0.3, 0.4) is 0 Å². The minimum absolute atomic E-state index is 0.0868. The number of likely N-dealkylation sites (N-methyl/N-ethyl adjacent to an activating group) is 1. The van der Waals surface area contributed by atoms with Crippen molar-refractivity contribution in [3.63, 3.8) is 0 Å². The van der Waals surface area contributed by atoms with Crippen molar-refractivity contribution in [2.45, 2.75) is 6.17 Å². The minimum atomic E-state index is -0.0868. The molecule has 1 aliphatic heterocycles. The zero-order chi connectivity index (χ0) is 8.97. The number of dihydropyridines is 1. The maximum absolute atomic E-state index is 8.68. The van der Waals surface area contributed by atoms with Gasteiger partial charge in [0.15, 0.2) is 0 Å². The third kappa shape index (κ3) is 2.25. The largest absolute Gasteiger partial charge is 0.395 e. The highest BCUT2D eigenvalue weighted by Gasteiger charge is 2.05. The molecule has 1 atom stereocenters. The smallest absolute Gasteiger partial charge is 0.0935 e. The minimum Gasteiger partial charge on any atom is -0.395 e. The maximum atomic E-state index is 8.68. The standard InChI is InChI=1S/C8H15N3O/c1-11(4-5-12)7-2-3-8(9)10-6-7/h2-3,6,8,10,12H,4-5,9H2,1H3. The zero-order valence-electron chi connectivity index (χ0n) is 7.20. The van der Waals surface area contributed by atoms with E-state index in [2.05, 4.69) is 5.32 Å². The highest BCUT2D eigenvalue weighted by Crippen LogP contribution is 2.05. The Morgan fingerprint density at radius 2 is 2.50 bits per heavy atom. The number of nitrogens with one attached hydrogen (secondary N) is 1. The molecule has 1 heterocycles. The van der Waals surface area contributed by atoms with E-state index in [1.54, 1.807) is 0 Å². The van der Waals surface area contributed by atoms with Gasteiger partial charge in [-0.3, -0.25) is 0 Å².